The molecule has 0 aliphatic heterocycles. The van der Waals surface area contributed by atoms with Gasteiger partial charge in [-0.25, -0.2) is 0 Å². The molecule has 0 aromatic carbocycles. The Balaban J connectivity index is 0. The molecular formula is C6H14Cl2N4O. The average Bonchev–Trinajstić information content (AvgIpc) is 1.97. The van der Waals surface area contributed by atoms with Gasteiger partial charge in [0.05, 0.1) is 6.04 Å². The maximum absolute atomic E-state index is 10.4. The first kappa shape index (κ1) is 15.0. The highest BCUT2D eigenvalue weighted by Crippen LogP contribution is 1.98. The fourth-order valence-electron chi connectivity index (χ4n) is 0.633. The molecule has 0 amide bonds. The number of aliphatic imine (C=N–C) groups is 1. The number of hydrogen-bond donors (Lipinski definition) is 3. The summed E-state index contributed by atoms with van der Waals surface area (Å²) in [7, 11) is 0. The lowest BCUT2D eigenvalue weighted by Gasteiger charge is -2.03. The minimum atomic E-state index is -0.610. The van der Waals surface area contributed by atoms with Gasteiger partial charge in [-0.1, -0.05) is 0 Å². The summed E-state index contributed by atoms with van der Waals surface area (Å²) in [4.78, 5) is 14.1. The molecule has 0 radical (unpaired) electrons. The Labute approximate surface area is 88.1 Å². The van der Waals surface area contributed by atoms with E-state index < -0.39 is 11.3 Å². The largest absolute Gasteiger partial charge is 0.370 e. The van der Waals surface area contributed by atoms with Crippen molar-refractivity contribution in [3.05, 3.63) is 0 Å². The molecular weight excluding hydrogens is 215 g/mol. The normalized spacial score (nSPS) is 11.2. The van der Waals surface area contributed by atoms with Crippen LogP contribution in [0.2, 0.25) is 0 Å². The second-order valence-corrected chi connectivity index (χ2v) is 2.73. The van der Waals surface area contributed by atoms with Crippen LogP contribution in [-0.2, 0) is 4.79 Å². The molecule has 0 aliphatic rings. The molecule has 1 atom stereocenters. The summed E-state index contributed by atoms with van der Waals surface area (Å²) in [5, 5.41) is -0.528. The predicted molar refractivity (Wildman–Crippen MR) is 56.0 cm³/mol. The van der Waals surface area contributed by atoms with Gasteiger partial charge >= 0.3 is 0 Å². The Morgan fingerprint density at radius 1 is 1.46 bits per heavy atom. The molecule has 0 saturated carbocycles. The molecule has 0 saturated heterocycles. The summed E-state index contributed by atoms with van der Waals surface area (Å²) < 4.78 is 0. The van der Waals surface area contributed by atoms with Crippen molar-refractivity contribution >= 4 is 35.2 Å². The van der Waals surface area contributed by atoms with Crippen LogP contribution in [0, 0.1) is 0 Å². The summed E-state index contributed by atoms with van der Waals surface area (Å²) in [6.07, 6.45) is 1.15. The molecule has 0 aromatic rings. The van der Waals surface area contributed by atoms with Gasteiger partial charge in [-0.2, -0.15) is 0 Å². The lowest BCUT2D eigenvalue weighted by atomic mass is 10.2. The Hall–Kier alpha value is -0.520. The van der Waals surface area contributed by atoms with Gasteiger partial charge in [0.2, 0.25) is 5.24 Å². The monoisotopic (exact) mass is 228 g/mol. The van der Waals surface area contributed by atoms with Gasteiger partial charge in [0.15, 0.2) is 5.96 Å². The third kappa shape index (κ3) is 9.39. The van der Waals surface area contributed by atoms with Crippen LogP contribution in [0.4, 0.5) is 0 Å². The fourth-order valence-corrected chi connectivity index (χ4v) is 0.742. The maximum atomic E-state index is 10.4. The van der Waals surface area contributed by atoms with Crippen LogP contribution in [0.1, 0.15) is 12.8 Å². The highest BCUT2D eigenvalue weighted by atomic mass is 35.5. The van der Waals surface area contributed by atoms with E-state index in [0.717, 1.165) is 0 Å². The van der Waals surface area contributed by atoms with Crippen molar-refractivity contribution in [2.24, 2.45) is 22.2 Å². The fraction of sp³-hybridized carbons (Fsp3) is 0.667. The molecule has 6 N–H and O–H groups in total. The van der Waals surface area contributed by atoms with Gasteiger partial charge in [-0.15, -0.1) is 12.4 Å². The molecule has 0 aromatic heterocycles. The second kappa shape index (κ2) is 8.10. The van der Waals surface area contributed by atoms with Crippen LogP contribution >= 0.6 is 24.0 Å². The molecule has 7 heteroatoms. The van der Waals surface area contributed by atoms with Crippen LogP contribution in [0.25, 0.3) is 0 Å². The van der Waals surface area contributed by atoms with Crippen molar-refractivity contribution in [3.8, 4) is 0 Å². The van der Waals surface area contributed by atoms with E-state index in [1.165, 1.54) is 0 Å². The van der Waals surface area contributed by atoms with E-state index in [0.29, 0.717) is 19.4 Å². The molecule has 78 valence electrons. The van der Waals surface area contributed by atoms with Crippen molar-refractivity contribution in [1.82, 2.24) is 0 Å². The van der Waals surface area contributed by atoms with Gasteiger partial charge in [0.25, 0.3) is 0 Å². The number of rotatable bonds is 5. The topological polar surface area (TPSA) is 107 Å². The number of hydrogen-bond acceptors (Lipinski definition) is 3. The van der Waals surface area contributed by atoms with Gasteiger partial charge in [-0.05, 0) is 24.4 Å². The van der Waals surface area contributed by atoms with Gasteiger partial charge in [0, 0.05) is 6.54 Å². The summed E-state index contributed by atoms with van der Waals surface area (Å²) in [5.41, 5.74) is 15.5. The van der Waals surface area contributed by atoms with Crippen LogP contribution in [0.5, 0.6) is 0 Å². The Bertz CT molecular complexity index is 181. The van der Waals surface area contributed by atoms with Gasteiger partial charge < -0.3 is 17.2 Å². The predicted octanol–water partition coefficient (Wildman–Crippen LogP) is -0.446. The summed E-state index contributed by atoms with van der Waals surface area (Å²) >= 11 is 5.12. The number of carbonyl (C=O) groups is 1. The minimum Gasteiger partial charge on any atom is -0.370 e. The number of nitrogens with zero attached hydrogens (tertiary/aromatic N) is 1. The smallest absolute Gasteiger partial charge is 0.238 e. The lowest BCUT2D eigenvalue weighted by Crippen LogP contribution is -2.27. The van der Waals surface area contributed by atoms with E-state index in [4.69, 9.17) is 28.8 Å². The van der Waals surface area contributed by atoms with E-state index in [1.54, 1.807) is 0 Å². The van der Waals surface area contributed by atoms with Crippen molar-refractivity contribution in [2.45, 2.75) is 18.9 Å². The number of carbonyl (C=O) groups excluding carboxylic acids is 1. The third-order valence-corrected chi connectivity index (χ3v) is 1.54. The zero-order valence-electron chi connectivity index (χ0n) is 7.07. The van der Waals surface area contributed by atoms with E-state index >= 15 is 0 Å². The molecule has 0 heterocycles. The molecule has 0 bridgehead atoms. The first-order valence-corrected chi connectivity index (χ1v) is 3.92. The summed E-state index contributed by atoms with van der Waals surface area (Å²) in [6, 6.07) is -0.610. The second-order valence-electron chi connectivity index (χ2n) is 2.36. The third-order valence-electron chi connectivity index (χ3n) is 1.26. The standard InChI is InChI=1S/C6H13ClN4O.ClH/c7-5(12)4(8)2-1-3-11-6(9)10;/h4H,1-3,8H2,(H4,9,10,11);1H/t4-;/m0./s1. The van der Waals surface area contributed by atoms with Gasteiger partial charge in [-0.3, -0.25) is 9.79 Å². The van der Waals surface area contributed by atoms with Crippen LogP contribution in [-0.4, -0.2) is 23.8 Å². The zero-order chi connectivity index (χ0) is 9.56. The van der Waals surface area contributed by atoms with E-state index in [2.05, 4.69) is 4.99 Å². The zero-order valence-corrected chi connectivity index (χ0v) is 8.64. The molecule has 13 heavy (non-hydrogen) atoms. The van der Waals surface area contributed by atoms with E-state index in [-0.39, 0.29) is 18.4 Å². The number of guanidine groups is 1. The summed E-state index contributed by atoms with van der Waals surface area (Å²) in [5.74, 6) is 0.0424. The summed E-state index contributed by atoms with van der Waals surface area (Å²) in [6.45, 7) is 0.472. The van der Waals surface area contributed by atoms with Crippen molar-refractivity contribution in [3.63, 3.8) is 0 Å². The average molecular weight is 229 g/mol. The first-order chi connectivity index (χ1) is 5.54. The number of nitrogens with two attached hydrogens (primary N) is 3. The van der Waals surface area contributed by atoms with Crippen LogP contribution in [0.15, 0.2) is 4.99 Å². The Morgan fingerprint density at radius 3 is 2.38 bits per heavy atom. The first-order valence-electron chi connectivity index (χ1n) is 3.54. The molecule has 0 rings (SSSR count). The highest BCUT2D eigenvalue weighted by Gasteiger charge is 2.08. The molecule has 0 spiro atoms. The molecule has 0 unspecified atom stereocenters. The molecule has 5 nitrogen and oxygen atoms in total. The Kier molecular flexibility index (Phi) is 9.33. The van der Waals surface area contributed by atoms with Crippen LogP contribution in [0.3, 0.4) is 0 Å². The molecule has 0 fully saturated rings. The van der Waals surface area contributed by atoms with Crippen molar-refractivity contribution in [2.75, 3.05) is 6.54 Å². The van der Waals surface area contributed by atoms with Crippen LogP contribution < -0.4 is 17.2 Å². The van der Waals surface area contributed by atoms with Gasteiger partial charge in [0.1, 0.15) is 0 Å². The highest BCUT2D eigenvalue weighted by molar-refractivity contribution is 6.64. The van der Waals surface area contributed by atoms with Crippen molar-refractivity contribution in [1.29, 1.82) is 0 Å². The SMILES string of the molecule is Cl.NC(N)=NCCC[C@H](N)C(=O)Cl. The molecule has 0 aliphatic carbocycles. The lowest BCUT2D eigenvalue weighted by molar-refractivity contribution is -0.112. The van der Waals surface area contributed by atoms with E-state index in [1.807, 2.05) is 0 Å². The van der Waals surface area contributed by atoms with Crippen molar-refractivity contribution < 1.29 is 4.79 Å². The minimum absolute atomic E-state index is 0. The Morgan fingerprint density at radius 2 is 2.00 bits per heavy atom. The maximum Gasteiger partial charge on any atom is 0.238 e. The number of halogens is 2. The quantitative estimate of drug-likeness (QED) is 0.257. The van der Waals surface area contributed by atoms with E-state index in [9.17, 15) is 4.79 Å².